The Morgan fingerprint density at radius 1 is 1.11 bits per heavy atom. The number of hydrogen-bond acceptors (Lipinski definition) is 4. The maximum atomic E-state index is 12.6. The third-order valence-corrected chi connectivity index (χ3v) is 6.15. The van der Waals surface area contributed by atoms with Crippen LogP contribution >= 0.6 is 0 Å². The summed E-state index contributed by atoms with van der Waals surface area (Å²) in [6, 6.07) is 15.2. The van der Waals surface area contributed by atoms with Gasteiger partial charge >= 0.3 is 0 Å². The Hall–Kier alpha value is -3.18. The molecule has 1 N–H and O–H groups in total. The van der Waals surface area contributed by atoms with Crippen molar-refractivity contribution in [2.45, 2.75) is 38.1 Å². The summed E-state index contributed by atoms with van der Waals surface area (Å²) in [6.07, 6.45) is 6.77. The Morgan fingerprint density at radius 2 is 1.89 bits per heavy atom. The third-order valence-electron chi connectivity index (χ3n) is 6.15. The fourth-order valence-corrected chi connectivity index (χ4v) is 4.67. The summed E-state index contributed by atoms with van der Waals surface area (Å²) in [7, 11) is 0. The number of pyridine rings is 1. The Kier molecular flexibility index (Phi) is 5.08. The van der Waals surface area contributed by atoms with Crippen LogP contribution in [0.1, 0.15) is 36.9 Å². The topological polar surface area (TPSA) is 89.6 Å². The highest BCUT2D eigenvalue weighted by Gasteiger charge is 2.43. The van der Waals surface area contributed by atoms with Crippen molar-refractivity contribution in [3.63, 3.8) is 0 Å². The van der Waals surface area contributed by atoms with E-state index in [9.17, 15) is 10.1 Å². The molecule has 2 saturated carbocycles. The van der Waals surface area contributed by atoms with Gasteiger partial charge in [-0.05, 0) is 54.4 Å². The van der Waals surface area contributed by atoms with E-state index in [1.807, 2.05) is 36.4 Å². The molecule has 1 heterocycles. The zero-order valence-corrected chi connectivity index (χ0v) is 15.6. The number of nitrogens with zero attached hydrogens (tertiary/aromatic N) is 3. The van der Waals surface area contributed by atoms with Gasteiger partial charge in [0, 0.05) is 24.1 Å². The van der Waals surface area contributed by atoms with Crippen LogP contribution in [0.25, 0.3) is 11.1 Å². The highest BCUT2D eigenvalue weighted by atomic mass is 16.2. The molecule has 5 heteroatoms. The normalized spacial score (nSPS) is 23.6. The molecule has 0 unspecified atom stereocenters. The van der Waals surface area contributed by atoms with Crippen LogP contribution < -0.4 is 5.32 Å². The molecule has 1 aromatic heterocycles. The molecule has 2 aliphatic rings. The van der Waals surface area contributed by atoms with Gasteiger partial charge in [0.1, 0.15) is 17.8 Å². The molecule has 4 atom stereocenters. The monoisotopic (exact) mass is 370 g/mol. The average molecular weight is 370 g/mol. The maximum absolute atomic E-state index is 12.6. The number of amides is 1. The molecule has 0 aliphatic heterocycles. The van der Waals surface area contributed by atoms with E-state index in [-0.39, 0.29) is 11.8 Å². The van der Waals surface area contributed by atoms with Crippen molar-refractivity contribution in [1.29, 1.82) is 10.5 Å². The Balaban J connectivity index is 1.37. The molecule has 4 rings (SSSR count). The van der Waals surface area contributed by atoms with Gasteiger partial charge in [-0.2, -0.15) is 10.5 Å². The number of carbonyl (C=O) groups is 1. The standard InChI is InChI=1S/C23H22N4O/c24-12-20-8-7-19(14-26-20)17-4-1-15(2-5-17)10-21(13-25)27-23(28)22-11-16-3-6-18(22)9-16/h1-2,4-5,7-8,14,16,18,21-22H,3,6,9-11H2,(H,27,28)/t16-,18+,21+,22+/m1/s1. The first-order chi connectivity index (χ1) is 13.7. The summed E-state index contributed by atoms with van der Waals surface area (Å²) >= 11 is 0. The summed E-state index contributed by atoms with van der Waals surface area (Å²) in [6.45, 7) is 0. The number of hydrogen-bond donors (Lipinski definition) is 1. The summed E-state index contributed by atoms with van der Waals surface area (Å²) in [5, 5.41) is 21.3. The fraction of sp³-hybridized carbons (Fsp3) is 0.391. The van der Waals surface area contributed by atoms with E-state index in [0.717, 1.165) is 29.5 Å². The van der Waals surface area contributed by atoms with Crippen molar-refractivity contribution in [1.82, 2.24) is 10.3 Å². The first-order valence-corrected chi connectivity index (χ1v) is 9.81. The van der Waals surface area contributed by atoms with Gasteiger partial charge in [0.25, 0.3) is 0 Å². The van der Waals surface area contributed by atoms with Gasteiger partial charge in [-0.3, -0.25) is 4.79 Å². The van der Waals surface area contributed by atoms with E-state index in [1.165, 1.54) is 12.8 Å². The van der Waals surface area contributed by atoms with Crippen LogP contribution in [-0.4, -0.2) is 16.9 Å². The summed E-state index contributed by atoms with van der Waals surface area (Å²) < 4.78 is 0. The van der Waals surface area contributed by atoms with Gasteiger partial charge in [-0.25, -0.2) is 4.98 Å². The number of fused-ring (bicyclic) bond motifs is 2. The number of nitrogens with one attached hydrogen (secondary N) is 1. The number of aromatic nitrogens is 1. The number of benzene rings is 1. The van der Waals surface area contributed by atoms with Crippen molar-refractivity contribution in [2.75, 3.05) is 0 Å². The lowest BCUT2D eigenvalue weighted by molar-refractivity contribution is -0.126. The van der Waals surface area contributed by atoms with Crippen molar-refractivity contribution >= 4 is 5.91 Å². The van der Waals surface area contributed by atoms with E-state index >= 15 is 0 Å². The first-order valence-electron chi connectivity index (χ1n) is 9.81. The van der Waals surface area contributed by atoms with E-state index in [1.54, 1.807) is 12.3 Å². The van der Waals surface area contributed by atoms with Crippen molar-refractivity contribution in [3.05, 3.63) is 53.9 Å². The van der Waals surface area contributed by atoms with Crippen LogP contribution in [0.2, 0.25) is 0 Å². The molecule has 2 aromatic rings. The molecule has 1 aromatic carbocycles. The summed E-state index contributed by atoms with van der Waals surface area (Å²) in [5.74, 6) is 1.38. The molecule has 0 radical (unpaired) electrons. The molecule has 28 heavy (non-hydrogen) atoms. The second kappa shape index (κ2) is 7.82. The van der Waals surface area contributed by atoms with Crippen LogP contribution in [0.3, 0.4) is 0 Å². The van der Waals surface area contributed by atoms with E-state index in [4.69, 9.17) is 5.26 Å². The molecule has 2 fully saturated rings. The molecule has 140 valence electrons. The Morgan fingerprint density at radius 3 is 2.46 bits per heavy atom. The number of rotatable bonds is 5. The van der Waals surface area contributed by atoms with Crippen LogP contribution in [0.5, 0.6) is 0 Å². The number of carbonyl (C=O) groups excluding carboxylic acids is 1. The minimum absolute atomic E-state index is 0.0547. The van der Waals surface area contributed by atoms with Gasteiger partial charge in [0.05, 0.1) is 6.07 Å². The average Bonchev–Trinajstić information content (AvgIpc) is 3.37. The predicted molar refractivity (Wildman–Crippen MR) is 105 cm³/mol. The van der Waals surface area contributed by atoms with Gasteiger partial charge in [0.15, 0.2) is 0 Å². The summed E-state index contributed by atoms with van der Waals surface area (Å²) in [4.78, 5) is 16.7. The third kappa shape index (κ3) is 3.75. The molecule has 2 aliphatic carbocycles. The smallest absolute Gasteiger partial charge is 0.224 e. The molecule has 1 amide bonds. The van der Waals surface area contributed by atoms with Crippen LogP contribution in [-0.2, 0) is 11.2 Å². The molecule has 2 bridgehead atoms. The second-order valence-electron chi connectivity index (χ2n) is 7.92. The maximum Gasteiger partial charge on any atom is 0.224 e. The molecular formula is C23H22N4O. The van der Waals surface area contributed by atoms with Gasteiger partial charge in [-0.1, -0.05) is 30.7 Å². The van der Waals surface area contributed by atoms with Crippen LogP contribution in [0, 0.1) is 40.4 Å². The zero-order valence-electron chi connectivity index (χ0n) is 15.6. The lowest BCUT2D eigenvalue weighted by atomic mass is 9.88. The molecule has 5 nitrogen and oxygen atoms in total. The fourth-order valence-electron chi connectivity index (χ4n) is 4.67. The Bertz CT molecular complexity index is 937. The lowest BCUT2D eigenvalue weighted by Gasteiger charge is -2.22. The van der Waals surface area contributed by atoms with Crippen molar-refractivity contribution in [3.8, 4) is 23.3 Å². The lowest BCUT2D eigenvalue weighted by Crippen LogP contribution is -2.40. The SMILES string of the molecule is N#Cc1ccc(-c2ccc(C[C@@H](C#N)NC(=O)[C@H]3C[C@@H]4CC[C@H]3C4)cc2)cn1. The van der Waals surface area contributed by atoms with E-state index in [0.29, 0.717) is 24.0 Å². The van der Waals surface area contributed by atoms with Gasteiger partial charge in [0.2, 0.25) is 5.91 Å². The van der Waals surface area contributed by atoms with E-state index < -0.39 is 6.04 Å². The minimum atomic E-state index is -0.506. The molecule has 0 spiro atoms. The van der Waals surface area contributed by atoms with Crippen LogP contribution in [0.15, 0.2) is 42.6 Å². The highest BCUT2D eigenvalue weighted by Crippen LogP contribution is 2.48. The molecule has 0 saturated heterocycles. The largest absolute Gasteiger partial charge is 0.340 e. The molecular weight excluding hydrogens is 348 g/mol. The predicted octanol–water partition coefficient (Wildman–Crippen LogP) is 3.61. The van der Waals surface area contributed by atoms with Crippen molar-refractivity contribution < 1.29 is 4.79 Å². The highest BCUT2D eigenvalue weighted by molar-refractivity contribution is 5.80. The minimum Gasteiger partial charge on any atom is -0.340 e. The second-order valence-corrected chi connectivity index (χ2v) is 7.92. The van der Waals surface area contributed by atoms with E-state index in [2.05, 4.69) is 16.4 Å². The summed E-state index contributed by atoms with van der Waals surface area (Å²) in [5.41, 5.74) is 3.33. The van der Waals surface area contributed by atoms with Crippen LogP contribution in [0.4, 0.5) is 0 Å². The quantitative estimate of drug-likeness (QED) is 0.870. The zero-order chi connectivity index (χ0) is 19.5. The number of nitriles is 2. The Labute approximate surface area is 165 Å². The van der Waals surface area contributed by atoms with Gasteiger partial charge in [-0.15, -0.1) is 0 Å². The first kappa shape index (κ1) is 18.2. The van der Waals surface area contributed by atoms with Crippen molar-refractivity contribution in [2.24, 2.45) is 17.8 Å². The van der Waals surface area contributed by atoms with Gasteiger partial charge < -0.3 is 5.32 Å².